The van der Waals surface area contributed by atoms with E-state index in [1.165, 1.54) is 56.3 Å². The topological polar surface area (TPSA) is 6.48 Å². The minimum Gasteiger partial charge on any atom is -0.372 e. The molecule has 37 heavy (non-hydrogen) atoms. The van der Waals surface area contributed by atoms with Crippen molar-refractivity contribution >= 4 is 29.0 Å². The van der Waals surface area contributed by atoms with Crippen molar-refractivity contribution in [3.63, 3.8) is 0 Å². The summed E-state index contributed by atoms with van der Waals surface area (Å²) in [5.41, 5.74) is 2.80. The van der Waals surface area contributed by atoms with Crippen molar-refractivity contribution in [1.29, 1.82) is 0 Å². The summed E-state index contributed by atoms with van der Waals surface area (Å²) in [6.07, 6.45) is 9.82. The minimum atomic E-state index is -0.490. The highest BCUT2D eigenvalue weighted by atomic mass is 28.3. The average molecular weight is 533 g/mol. The van der Waals surface area contributed by atoms with Crippen molar-refractivity contribution in [2.75, 3.05) is 23.9 Å². The number of hydrogen-bond donors (Lipinski definition) is 0. The maximum atomic E-state index is 2.69. The Balaban J connectivity index is 1.43. The van der Waals surface area contributed by atoms with Crippen LogP contribution >= 0.6 is 0 Å². The largest absolute Gasteiger partial charge is 0.372 e. The van der Waals surface area contributed by atoms with Crippen LogP contribution in [0.3, 0.4) is 0 Å². The smallest absolute Gasteiger partial charge is 0.0742 e. The van der Waals surface area contributed by atoms with Gasteiger partial charge in [-0.15, -0.1) is 0 Å². The molecule has 0 aromatic heterocycles. The van der Waals surface area contributed by atoms with Crippen molar-refractivity contribution < 1.29 is 0 Å². The summed E-state index contributed by atoms with van der Waals surface area (Å²) in [6, 6.07) is 22.3. The third-order valence-electron chi connectivity index (χ3n) is 10.8. The fourth-order valence-corrected chi connectivity index (χ4v) is 13.9. The lowest BCUT2D eigenvalue weighted by atomic mass is 9.69. The Morgan fingerprint density at radius 1 is 0.649 bits per heavy atom. The number of hydrogen-bond acceptors (Lipinski definition) is 2. The van der Waals surface area contributed by atoms with Gasteiger partial charge in [0.05, 0.1) is 17.6 Å². The molecule has 2 fully saturated rings. The highest BCUT2D eigenvalue weighted by Gasteiger charge is 2.49. The maximum Gasteiger partial charge on any atom is 0.0742 e. The molecule has 0 N–H and O–H groups in total. The molecule has 2 aliphatic carbocycles. The standard InChI is InChI=1S/C33H52N2Si2/c1-26-23-28(19-21-32(26,36(5)6)34(3)30-15-11-9-12-16-30)25-29-20-22-33(37(7)8,27(2)24-29)35(4)31-17-13-10-14-18-31/h9-18,26-29H,19-25H2,1-8H3. The first-order chi connectivity index (χ1) is 17.6. The van der Waals surface area contributed by atoms with Crippen LogP contribution in [0.2, 0.25) is 26.2 Å². The number of para-hydroxylation sites is 2. The van der Waals surface area contributed by atoms with Gasteiger partial charge in [-0.2, -0.15) is 0 Å². The molecule has 6 unspecified atom stereocenters. The van der Waals surface area contributed by atoms with Gasteiger partial charge >= 0.3 is 0 Å². The molecular weight excluding hydrogens is 481 g/mol. The van der Waals surface area contributed by atoms with Crippen LogP contribution in [0.15, 0.2) is 60.7 Å². The van der Waals surface area contributed by atoms with Crippen LogP contribution in [0, 0.1) is 23.7 Å². The summed E-state index contributed by atoms with van der Waals surface area (Å²) in [6.45, 7) is 15.4. The van der Waals surface area contributed by atoms with Gasteiger partial charge in [0.1, 0.15) is 0 Å². The summed E-state index contributed by atoms with van der Waals surface area (Å²) >= 11 is 0. The van der Waals surface area contributed by atoms with E-state index in [4.69, 9.17) is 0 Å². The molecule has 4 rings (SSSR count). The fourth-order valence-electron chi connectivity index (χ4n) is 8.78. The van der Waals surface area contributed by atoms with Gasteiger partial charge in [0.25, 0.3) is 0 Å². The van der Waals surface area contributed by atoms with Crippen LogP contribution in [-0.2, 0) is 0 Å². The van der Waals surface area contributed by atoms with Crippen LogP contribution in [0.5, 0.6) is 0 Å². The third kappa shape index (κ3) is 5.34. The van der Waals surface area contributed by atoms with E-state index in [9.17, 15) is 0 Å². The molecule has 0 bridgehead atoms. The zero-order chi connectivity index (χ0) is 26.8. The summed E-state index contributed by atoms with van der Waals surface area (Å²) in [4.78, 5) is 5.37. The second-order valence-electron chi connectivity index (χ2n) is 13.0. The molecule has 202 valence electrons. The van der Waals surface area contributed by atoms with E-state index in [1.807, 2.05) is 0 Å². The molecule has 2 radical (unpaired) electrons. The number of anilines is 2. The van der Waals surface area contributed by atoms with Crippen LogP contribution in [0.4, 0.5) is 11.4 Å². The van der Waals surface area contributed by atoms with E-state index >= 15 is 0 Å². The van der Waals surface area contributed by atoms with Crippen LogP contribution in [0.25, 0.3) is 0 Å². The first kappa shape index (κ1) is 28.5. The van der Waals surface area contributed by atoms with Crippen molar-refractivity contribution in [3.8, 4) is 0 Å². The molecule has 0 heterocycles. The lowest BCUT2D eigenvalue weighted by Crippen LogP contribution is -2.63. The van der Waals surface area contributed by atoms with Crippen LogP contribution < -0.4 is 9.80 Å². The molecule has 2 aromatic carbocycles. The highest BCUT2D eigenvalue weighted by molar-refractivity contribution is 6.61. The summed E-state index contributed by atoms with van der Waals surface area (Å²) < 4.78 is 0. The monoisotopic (exact) mass is 532 g/mol. The van der Waals surface area contributed by atoms with Crippen molar-refractivity contribution in [2.45, 2.75) is 95.3 Å². The number of rotatable bonds is 8. The van der Waals surface area contributed by atoms with E-state index in [-0.39, 0.29) is 0 Å². The van der Waals surface area contributed by atoms with Gasteiger partial charge in [0, 0.05) is 35.8 Å². The Morgan fingerprint density at radius 2 is 1.00 bits per heavy atom. The third-order valence-corrected chi connectivity index (χ3v) is 16.4. The normalized spacial score (nSPS) is 32.5. The molecule has 2 nitrogen and oxygen atoms in total. The van der Waals surface area contributed by atoms with E-state index in [0.29, 0.717) is 10.3 Å². The number of benzene rings is 2. The van der Waals surface area contributed by atoms with Gasteiger partial charge < -0.3 is 9.80 Å². The second kappa shape index (κ2) is 11.7. The SMILES string of the molecule is CC1CC(CC2CCC(N(C)c3ccccc3)([Si](C)C)C(C)C2)CCC1(N(C)c1ccccc1)[Si](C)C. The first-order valence-corrected chi connectivity index (χ1v) is 19.8. The van der Waals surface area contributed by atoms with Crippen molar-refractivity contribution in [2.24, 2.45) is 23.7 Å². The molecule has 0 aliphatic heterocycles. The van der Waals surface area contributed by atoms with Crippen LogP contribution in [0.1, 0.15) is 58.8 Å². The predicted molar refractivity (Wildman–Crippen MR) is 168 cm³/mol. The van der Waals surface area contributed by atoms with E-state index < -0.39 is 17.6 Å². The van der Waals surface area contributed by atoms with Crippen LogP contribution in [-0.4, -0.2) is 42.0 Å². The van der Waals surface area contributed by atoms with E-state index in [2.05, 4.69) is 125 Å². The van der Waals surface area contributed by atoms with Gasteiger partial charge in [-0.3, -0.25) is 0 Å². The Kier molecular flexibility index (Phi) is 9.00. The molecule has 2 aromatic rings. The Bertz CT molecular complexity index is 901. The van der Waals surface area contributed by atoms with Crippen molar-refractivity contribution in [1.82, 2.24) is 0 Å². The molecular formula is C33H52N2Si2. The predicted octanol–water partition coefficient (Wildman–Crippen LogP) is 8.59. The van der Waals surface area contributed by atoms with Gasteiger partial charge in [-0.25, -0.2) is 0 Å². The zero-order valence-corrected chi connectivity index (χ0v) is 26.9. The van der Waals surface area contributed by atoms with Gasteiger partial charge in [-0.1, -0.05) is 76.4 Å². The second-order valence-corrected chi connectivity index (χ2v) is 18.7. The van der Waals surface area contributed by atoms with Gasteiger partial charge in [0.15, 0.2) is 0 Å². The molecule has 2 saturated carbocycles. The number of nitrogens with zero attached hydrogens (tertiary/aromatic N) is 2. The maximum absolute atomic E-state index is 2.69. The quantitative estimate of drug-likeness (QED) is 0.314. The van der Waals surface area contributed by atoms with Gasteiger partial charge in [0.2, 0.25) is 0 Å². The summed E-state index contributed by atoms with van der Waals surface area (Å²) in [7, 11) is 3.78. The zero-order valence-electron chi connectivity index (χ0n) is 24.9. The lowest BCUT2D eigenvalue weighted by molar-refractivity contribution is 0.142. The summed E-state index contributed by atoms with van der Waals surface area (Å²) in [5, 5.41) is 0.718. The van der Waals surface area contributed by atoms with Crippen molar-refractivity contribution in [3.05, 3.63) is 60.7 Å². The van der Waals surface area contributed by atoms with E-state index in [0.717, 1.165) is 23.7 Å². The van der Waals surface area contributed by atoms with Gasteiger partial charge in [-0.05, 0) is 92.9 Å². The first-order valence-electron chi connectivity index (χ1n) is 14.8. The minimum absolute atomic E-state index is 0.359. The molecule has 0 spiro atoms. The Labute approximate surface area is 232 Å². The average Bonchev–Trinajstić information content (AvgIpc) is 2.89. The molecule has 0 amide bonds. The molecule has 2 aliphatic rings. The molecule has 4 heteroatoms. The fraction of sp³-hybridized carbons (Fsp3) is 0.636. The highest BCUT2D eigenvalue weighted by Crippen LogP contribution is 2.49. The molecule has 6 atom stereocenters. The van der Waals surface area contributed by atoms with E-state index in [1.54, 1.807) is 0 Å². The Morgan fingerprint density at radius 3 is 1.30 bits per heavy atom. The Hall–Kier alpha value is -1.53. The molecule has 0 saturated heterocycles. The lowest BCUT2D eigenvalue weighted by Gasteiger charge is -2.56. The summed E-state index contributed by atoms with van der Waals surface area (Å²) in [5.74, 6) is 3.31.